The van der Waals surface area contributed by atoms with Crippen LogP contribution in [0.1, 0.15) is 18.4 Å². The van der Waals surface area contributed by atoms with Crippen molar-refractivity contribution in [1.29, 1.82) is 0 Å². The Balaban J connectivity index is 1.19. The van der Waals surface area contributed by atoms with Gasteiger partial charge in [-0.1, -0.05) is 29.8 Å². The lowest BCUT2D eigenvalue weighted by atomic mass is 9.97. The van der Waals surface area contributed by atoms with Crippen LogP contribution in [-0.4, -0.2) is 36.0 Å². The van der Waals surface area contributed by atoms with Crippen molar-refractivity contribution in [2.24, 2.45) is 5.92 Å². The summed E-state index contributed by atoms with van der Waals surface area (Å²) in [6, 6.07) is 17.2. The minimum atomic E-state index is -0.0875. The van der Waals surface area contributed by atoms with Crippen molar-refractivity contribution < 1.29 is 14.3 Å². The molecule has 164 valence electrons. The van der Waals surface area contributed by atoms with Crippen molar-refractivity contribution in [1.82, 2.24) is 15.5 Å². The summed E-state index contributed by atoms with van der Waals surface area (Å²) in [6.07, 6.45) is 1.79. The van der Waals surface area contributed by atoms with Gasteiger partial charge in [-0.05, 0) is 54.8 Å². The summed E-state index contributed by atoms with van der Waals surface area (Å²) < 4.78 is 10.7. The van der Waals surface area contributed by atoms with E-state index in [0.717, 1.165) is 53.5 Å². The topological polar surface area (TPSA) is 76.6 Å². The predicted octanol–water partition coefficient (Wildman–Crippen LogP) is 4.06. The zero-order valence-electron chi connectivity index (χ0n) is 17.5. The van der Waals surface area contributed by atoms with Crippen molar-refractivity contribution in [3.8, 4) is 22.8 Å². The molecule has 1 aromatic heterocycles. The van der Waals surface area contributed by atoms with Gasteiger partial charge in [0.05, 0.1) is 11.6 Å². The number of aromatic nitrogens is 2. The van der Waals surface area contributed by atoms with Gasteiger partial charge in [-0.25, -0.2) is 0 Å². The number of amides is 1. The van der Waals surface area contributed by atoms with Crippen LogP contribution >= 0.6 is 11.6 Å². The van der Waals surface area contributed by atoms with Gasteiger partial charge in [0, 0.05) is 30.2 Å². The maximum absolute atomic E-state index is 12.8. The number of hydrogen-bond acceptors (Lipinski definition) is 6. The number of hydrogen-bond donors (Lipinski definition) is 1. The van der Waals surface area contributed by atoms with E-state index in [4.69, 9.17) is 21.1 Å². The fourth-order valence-corrected chi connectivity index (χ4v) is 4.18. The molecule has 1 amide bonds. The molecule has 0 saturated carbocycles. The quantitative estimate of drug-likeness (QED) is 0.631. The van der Waals surface area contributed by atoms with Gasteiger partial charge in [-0.15, -0.1) is 10.2 Å². The molecule has 1 unspecified atom stereocenters. The summed E-state index contributed by atoms with van der Waals surface area (Å²) in [6.45, 7) is 2.19. The number of carbonyl (C=O) groups excluding carboxylic acids is 1. The number of rotatable bonds is 5. The van der Waals surface area contributed by atoms with E-state index in [2.05, 4.69) is 20.4 Å². The molecule has 7 nitrogen and oxygen atoms in total. The Hall–Kier alpha value is -3.32. The third-order valence-electron chi connectivity index (χ3n) is 5.81. The fraction of sp³-hybridized carbons (Fsp3) is 0.292. The van der Waals surface area contributed by atoms with Gasteiger partial charge in [-0.2, -0.15) is 0 Å². The van der Waals surface area contributed by atoms with Crippen LogP contribution in [0, 0.1) is 5.92 Å². The van der Waals surface area contributed by atoms with Crippen LogP contribution in [0.2, 0.25) is 5.02 Å². The second-order valence-corrected chi connectivity index (χ2v) is 8.41. The minimum Gasteiger partial charge on any atom is -0.454 e. The third kappa shape index (κ3) is 4.48. The van der Waals surface area contributed by atoms with E-state index in [1.54, 1.807) is 0 Å². The summed E-state index contributed by atoms with van der Waals surface area (Å²) in [5.41, 5.74) is 2.74. The Morgan fingerprint density at radius 3 is 2.72 bits per heavy atom. The van der Waals surface area contributed by atoms with E-state index in [1.807, 2.05) is 54.6 Å². The van der Waals surface area contributed by atoms with Crippen LogP contribution in [0.15, 0.2) is 54.6 Å². The van der Waals surface area contributed by atoms with Crippen molar-refractivity contribution >= 4 is 23.3 Å². The van der Waals surface area contributed by atoms with Crippen molar-refractivity contribution in [3.05, 3.63) is 65.2 Å². The molecule has 3 heterocycles. The summed E-state index contributed by atoms with van der Waals surface area (Å²) in [4.78, 5) is 14.9. The number of nitrogens with zero attached hydrogens (tertiary/aromatic N) is 3. The Morgan fingerprint density at radius 2 is 1.91 bits per heavy atom. The minimum absolute atomic E-state index is 0.0538. The molecule has 1 saturated heterocycles. The second-order valence-electron chi connectivity index (χ2n) is 7.97. The molecule has 3 aromatic rings. The number of halogens is 1. The van der Waals surface area contributed by atoms with Crippen molar-refractivity contribution in [2.75, 3.05) is 24.8 Å². The standard InChI is InChI=1S/C24H23ClN4O3/c25-19-6-4-17(5-7-19)20-8-10-23(28-27-20)29-11-1-2-18(14-29)24(30)26-13-16-3-9-21-22(12-16)32-15-31-21/h3-10,12,18H,1-2,11,13-15H2,(H,26,30). The van der Waals surface area contributed by atoms with Crippen LogP contribution in [-0.2, 0) is 11.3 Å². The molecular formula is C24H23ClN4O3. The summed E-state index contributed by atoms with van der Waals surface area (Å²) in [5.74, 6) is 2.22. The zero-order chi connectivity index (χ0) is 21.9. The van der Waals surface area contributed by atoms with Crippen LogP contribution in [0.4, 0.5) is 5.82 Å². The fourth-order valence-electron chi connectivity index (χ4n) is 4.05. The van der Waals surface area contributed by atoms with Crippen LogP contribution in [0.25, 0.3) is 11.3 Å². The number of benzene rings is 2. The smallest absolute Gasteiger partial charge is 0.231 e. The summed E-state index contributed by atoms with van der Waals surface area (Å²) in [7, 11) is 0. The monoisotopic (exact) mass is 450 g/mol. The molecule has 0 aliphatic carbocycles. The Kier molecular flexibility index (Phi) is 5.81. The third-order valence-corrected chi connectivity index (χ3v) is 6.06. The van der Waals surface area contributed by atoms with E-state index in [1.165, 1.54) is 0 Å². The highest BCUT2D eigenvalue weighted by molar-refractivity contribution is 6.30. The van der Waals surface area contributed by atoms with Gasteiger partial charge in [-0.3, -0.25) is 4.79 Å². The van der Waals surface area contributed by atoms with E-state index in [-0.39, 0.29) is 18.6 Å². The maximum atomic E-state index is 12.8. The number of carbonyl (C=O) groups is 1. The number of ether oxygens (including phenoxy) is 2. The van der Waals surface area contributed by atoms with E-state index < -0.39 is 0 Å². The highest BCUT2D eigenvalue weighted by Crippen LogP contribution is 2.32. The number of anilines is 1. The summed E-state index contributed by atoms with van der Waals surface area (Å²) in [5, 5.41) is 12.5. The van der Waals surface area contributed by atoms with Crippen molar-refractivity contribution in [2.45, 2.75) is 19.4 Å². The average Bonchev–Trinajstić information content (AvgIpc) is 3.31. The van der Waals surface area contributed by atoms with Crippen LogP contribution in [0.5, 0.6) is 11.5 Å². The van der Waals surface area contributed by atoms with Crippen LogP contribution in [0.3, 0.4) is 0 Å². The molecule has 2 aromatic carbocycles. The molecule has 1 fully saturated rings. The average molecular weight is 451 g/mol. The first-order valence-corrected chi connectivity index (χ1v) is 11.0. The maximum Gasteiger partial charge on any atom is 0.231 e. The Morgan fingerprint density at radius 1 is 1.06 bits per heavy atom. The van der Waals surface area contributed by atoms with Gasteiger partial charge in [0.15, 0.2) is 17.3 Å². The van der Waals surface area contributed by atoms with Crippen molar-refractivity contribution in [3.63, 3.8) is 0 Å². The molecule has 2 aliphatic rings. The number of fused-ring (bicyclic) bond motifs is 1. The molecule has 0 spiro atoms. The molecule has 2 aliphatic heterocycles. The molecule has 5 rings (SSSR count). The largest absolute Gasteiger partial charge is 0.454 e. The molecule has 1 N–H and O–H groups in total. The van der Waals surface area contributed by atoms with E-state index in [0.29, 0.717) is 18.1 Å². The molecule has 32 heavy (non-hydrogen) atoms. The summed E-state index contributed by atoms with van der Waals surface area (Å²) >= 11 is 5.96. The highest BCUT2D eigenvalue weighted by Gasteiger charge is 2.26. The van der Waals surface area contributed by atoms with Gasteiger partial charge < -0.3 is 19.7 Å². The molecule has 1 atom stereocenters. The second kappa shape index (κ2) is 9.04. The number of nitrogens with one attached hydrogen (secondary N) is 1. The molecular weight excluding hydrogens is 428 g/mol. The first-order chi connectivity index (χ1) is 15.7. The Bertz CT molecular complexity index is 1110. The molecule has 0 radical (unpaired) electrons. The lowest BCUT2D eigenvalue weighted by Crippen LogP contribution is -2.43. The van der Waals surface area contributed by atoms with Gasteiger partial charge >= 0.3 is 0 Å². The van der Waals surface area contributed by atoms with Crippen LogP contribution < -0.4 is 19.7 Å². The lowest BCUT2D eigenvalue weighted by Gasteiger charge is -2.32. The molecule has 8 heteroatoms. The molecule has 0 bridgehead atoms. The first-order valence-electron chi connectivity index (χ1n) is 10.7. The normalized spacial score (nSPS) is 17.3. The van der Waals surface area contributed by atoms with E-state index >= 15 is 0 Å². The highest BCUT2D eigenvalue weighted by atomic mass is 35.5. The first kappa shape index (κ1) is 20.6. The Labute approximate surface area is 191 Å². The SMILES string of the molecule is O=C(NCc1ccc2c(c1)OCO2)C1CCCN(c2ccc(-c3ccc(Cl)cc3)nn2)C1. The predicted molar refractivity (Wildman–Crippen MR) is 122 cm³/mol. The van der Waals surface area contributed by atoms with Gasteiger partial charge in [0.2, 0.25) is 12.7 Å². The number of piperidine rings is 1. The lowest BCUT2D eigenvalue weighted by molar-refractivity contribution is -0.125. The zero-order valence-corrected chi connectivity index (χ0v) is 18.2. The van der Waals surface area contributed by atoms with Gasteiger partial charge in [0.1, 0.15) is 0 Å². The van der Waals surface area contributed by atoms with Gasteiger partial charge in [0.25, 0.3) is 0 Å². The van der Waals surface area contributed by atoms with E-state index in [9.17, 15) is 4.79 Å².